The van der Waals surface area contributed by atoms with Gasteiger partial charge in [0.1, 0.15) is 0 Å². The van der Waals surface area contributed by atoms with E-state index in [4.69, 9.17) is 0 Å². The zero-order valence-corrected chi connectivity index (χ0v) is 7.46. The van der Waals surface area contributed by atoms with Crippen LogP contribution in [0.5, 0.6) is 0 Å². The molecule has 0 radical (unpaired) electrons. The van der Waals surface area contributed by atoms with Crippen LogP contribution in [0, 0.1) is 6.92 Å². The second kappa shape index (κ2) is 3.84. The molecule has 1 aromatic heterocycles. The van der Waals surface area contributed by atoms with E-state index in [1.54, 1.807) is 6.92 Å². The number of carbonyl (C=O) groups excluding carboxylic acids is 1. The maximum Gasteiger partial charge on any atom is 0.310 e. The normalized spacial score (nSPS) is 9.69. The van der Waals surface area contributed by atoms with Crippen molar-refractivity contribution in [3.63, 3.8) is 0 Å². The number of H-pyrrole nitrogens is 1. The van der Waals surface area contributed by atoms with Gasteiger partial charge < -0.3 is 9.72 Å². The fraction of sp³-hybridized carbons (Fsp3) is 0.375. The lowest BCUT2D eigenvalue weighted by Crippen LogP contribution is -2.19. The first-order chi connectivity index (χ1) is 6.15. The molecule has 0 aliphatic rings. The molecule has 0 saturated heterocycles. The second-order valence-electron chi connectivity index (χ2n) is 2.55. The molecule has 1 rings (SSSR count). The first-order valence-electron chi connectivity index (χ1n) is 3.75. The number of hydrogen-bond acceptors (Lipinski definition) is 4. The van der Waals surface area contributed by atoms with E-state index in [0.717, 1.165) is 0 Å². The average Bonchev–Trinajstić information content (AvgIpc) is 2.11. The van der Waals surface area contributed by atoms with Gasteiger partial charge in [0.25, 0.3) is 5.56 Å². The van der Waals surface area contributed by atoms with Gasteiger partial charge in [-0.2, -0.15) is 0 Å². The number of aromatic nitrogens is 2. The lowest BCUT2D eigenvalue weighted by molar-refractivity contribution is -0.139. The summed E-state index contributed by atoms with van der Waals surface area (Å²) in [6, 6.07) is 0. The number of rotatable bonds is 2. The highest BCUT2D eigenvalue weighted by molar-refractivity contribution is 5.72. The van der Waals surface area contributed by atoms with Gasteiger partial charge >= 0.3 is 5.97 Å². The lowest BCUT2D eigenvalue weighted by atomic mass is 10.2. The van der Waals surface area contributed by atoms with Crippen LogP contribution in [0.25, 0.3) is 0 Å². The van der Waals surface area contributed by atoms with Gasteiger partial charge in [-0.3, -0.25) is 9.59 Å². The van der Waals surface area contributed by atoms with Gasteiger partial charge in [0, 0.05) is 11.3 Å². The molecule has 1 N–H and O–H groups in total. The van der Waals surface area contributed by atoms with E-state index in [0.29, 0.717) is 11.3 Å². The van der Waals surface area contributed by atoms with Crippen molar-refractivity contribution in [3.05, 3.63) is 27.9 Å². The maximum absolute atomic E-state index is 11.2. The van der Waals surface area contributed by atoms with Crippen molar-refractivity contribution >= 4 is 5.97 Å². The summed E-state index contributed by atoms with van der Waals surface area (Å²) >= 11 is 0. The molecule has 5 nitrogen and oxygen atoms in total. The highest BCUT2D eigenvalue weighted by Gasteiger charge is 2.09. The van der Waals surface area contributed by atoms with E-state index in [9.17, 15) is 9.59 Å². The van der Waals surface area contributed by atoms with Gasteiger partial charge in [-0.15, -0.1) is 0 Å². The largest absolute Gasteiger partial charge is 0.469 e. The highest BCUT2D eigenvalue weighted by atomic mass is 16.5. The third kappa shape index (κ3) is 2.14. The van der Waals surface area contributed by atoms with Gasteiger partial charge in [-0.05, 0) is 6.92 Å². The maximum atomic E-state index is 11.2. The van der Waals surface area contributed by atoms with Crippen molar-refractivity contribution in [2.75, 3.05) is 7.11 Å². The van der Waals surface area contributed by atoms with Crippen LogP contribution in [-0.4, -0.2) is 23.0 Å². The summed E-state index contributed by atoms with van der Waals surface area (Å²) in [6.45, 7) is 1.67. The molecular formula is C8H10N2O3. The molecule has 0 spiro atoms. The van der Waals surface area contributed by atoms with E-state index in [-0.39, 0.29) is 12.0 Å². The van der Waals surface area contributed by atoms with Crippen molar-refractivity contribution in [1.82, 2.24) is 9.97 Å². The molecule has 0 atom stereocenters. The van der Waals surface area contributed by atoms with Crippen LogP contribution in [0.1, 0.15) is 11.3 Å². The third-order valence-corrected chi connectivity index (χ3v) is 1.71. The van der Waals surface area contributed by atoms with E-state index in [2.05, 4.69) is 14.7 Å². The Hall–Kier alpha value is -1.65. The molecular weight excluding hydrogens is 172 g/mol. The number of aryl methyl sites for hydroxylation is 1. The van der Waals surface area contributed by atoms with Crippen LogP contribution in [0.4, 0.5) is 0 Å². The number of hydrogen-bond donors (Lipinski definition) is 1. The third-order valence-electron chi connectivity index (χ3n) is 1.71. The first kappa shape index (κ1) is 9.44. The van der Waals surface area contributed by atoms with Crippen LogP contribution < -0.4 is 5.56 Å². The minimum Gasteiger partial charge on any atom is -0.469 e. The average molecular weight is 182 g/mol. The molecule has 5 heteroatoms. The zero-order chi connectivity index (χ0) is 9.84. The Labute approximate surface area is 74.8 Å². The molecule has 1 aromatic rings. The van der Waals surface area contributed by atoms with Crippen molar-refractivity contribution in [1.29, 1.82) is 0 Å². The van der Waals surface area contributed by atoms with Crippen LogP contribution in [0.3, 0.4) is 0 Å². The molecule has 0 saturated carbocycles. The van der Waals surface area contributed by atoms with Gasteiger partial charge in [0.05, 0.1) is 19.9 Å². The Kier molecular flexibility index (Phi) is 2.79. The van der Waals surface area contributed by atoms with Crippen molar-refractivity contribution in [3.8, 4) is 0 Å². The van der Waals surface area contributed by atoms with Crippen molar-refractivity contribution in [2.24, 2.45) is 0 Å². The molecule has 0 aliphatic carbocycles. The quantitative estimate of drug-likeness (QED) is 0.642. The number of esters is 1. The summed E-state index contributed by atoms with van der Waals surface area (Å²) in [5, 5.41) is 0. The number of nitrogens with zero attached hydrogens (tertiary/aromatic N) is 1. The van der Waals surface area contributed by atoms with E-state index >= 15 is 0 Å². The fourth-order valence-electron chi connectivity index (χ4n) is 0.942. The second-order valence-corrected chi connectivity index (χ2v) is 2.55. The van der Waals surface area contributed by atoms with Crippen LogP contribution >= 0.6 is 0 Å². The van der Waals surface area contributed by atoms with Crippen LogP contribution in [0.15, 0.2) is 11.1 Å². The Morgan fingerprint density at radius 3 is 2.92 bits per heavy atom. The summed E-state index contributed by atoms with van der Waals surface area (Å²) < 4.78 is 4.44. The zero-order valence-electron chi connectivity index (χ0n) is 7.46. The Balaban J connectivity index is 3.00. The molecule has 0 amide bonds. The van der Waals surface area contributed by atoms with Crippen LogP contribution in [-0.2, 0) is 16.0 Å². The standard InChI is InChI=1S/C8H10N2O3/c1-5-6(3-7(11)13-2)8(12)10-4-9-5/h4H,3H2,1-2H3,(H,9,10,12). The van der Waals surface area contributed by atoms with Gasteiger partial charge in [0.15, 0.2) is 0 Å². The molecule has 0 bridgehead atoms. The van der Waals surface area contributed by atoms with Crippen molar-refractivity contribution < 1.29 is 9.53 Å². The van der Waals surface area contributed by atoms with Crippen LogP contribution in [0.2, 0.25) is 0 Å². The highest BCUT2D eigenvalue weighted by Crippen LogP contribution is 1.98. The van der Waals surface area contributed by atoms with Crippen molar-refractivity contribution in [2.45, 2.75) is 13.3 Å². The number of nitrogens with one attached hydrogen (secondary N) is 1. The van der Waals surface area contributed by atoms with Gasteiger partial charge in [0.2, 0.25) is 0 Å². The summed E-state index contributed by atoms with van der Waals surface area (Å²) in [5.74, 6) is -0.443. The van der Waals surface area contributed by atoms with Gasteiger partial charge in [-0.1, -0.05) is 0 Å². The SMILES string of the molecule is COC(=O)Cc1c(C)nc[nH]c1=O. The molecule has 0 fully saturated rings. The summed E-state index contributed by atoms with van der Waals surface area (Å²) in [5.41, 5.74) is 0.612. The molecule has 13 heavy (non-hydrogen) atoms. The van der Waals surface area contributed by atoms with Gasteiger partial charge in [-0.25, -0.2) is 4.98 Å². The topological polar surface area (TPSA) is 72.0 Å². The molecule has 0 aromatic carbocycles. The molecule has 0 aliphatic heterocycles. The molecule has 1 heterocycles. The Morgan fingerprint density at radius 1 is 1.69 bits per heavy atom. The minimum absolute atomic E-state index is 0.0362. The number of carbonyl (C=O) groups is 1. The smallest absolute Gasteiger partial charge is 0.310 e. The number of aromatic amines is 1. The lowest BCUT2D eigenvalue weighted by Gasteiger charge is -2.00. The predicted molar refractivity (Wildman–Crippen MR) is 45.3 cm³/mol. The van der Waals surface area contributed by atoms with E-state index in [1.807, 2.05) is 0 Å². The monoisotopic (exact) mass is 182 g/mol. The Morgan fingerprint density at radius 2 is 2.38 bits per heavy atom. The van der Waals surface area contributed by atoms with E-state index < -0.39 is 5.97 Å². The Bertz CT molecular complexity index is 370. The summed E-state index contributed by atoms with van der Waals surface area (Å²) in [6.07, 6.45) is 1.27. The predicted octanol–water partition coefficient (Wildman–Crippen LogP) is -0.206. The fourth-order valence-corrected chi connectivity index (χ4v) is 0.942. The summed E-state index contributed by atoms with van der Waals surface area (Å²) in [4.78, 5) is 28.3. The van der Waals surface area contributed by atoms with E-state index in [1.165, 1.54) is 13.4 Å². The first-order valence-corrected chi connectivity index (χ1v) is 3.75. The number of methoxy groups -OCH3 is 1. The molecule has 0 unspecified atom stereocenters. The molecule has 70 valence electrons. The summed E-state index contributed by atoms with van der Waals surface area (Å²) in [7, 11) is 1.28. The number of ether oxygens (including phenoxy) is 1. The minimum atomic E-state index is -0.443.